The number of urea groups is 1. The van der Waals surface area contributed by atoms with E-state index >= 15 is 0 Å². The molecule has 3 atom stereocenters. The molecule has 1 aliphatic rings. The molecule has 0 aromatic carbocycles. The summed E-state index contributed by atoms with van der Waals surface area (Å²) in [5.41, 5.74) is 10.6. The summed E-state index contributed by atoms with van der Waals surface area (Å²) >= 11 is 5.52. The van der Waals surface area contributed by atoms with Crippen molar-refractivity contribution >= 4 is 22.9 Å². The highest BCUT2D eigenvalue weighted by Gasteiger charge is 2.46. The molecule has 5 N–H and O–H groups in total. The lowest BCUT2D eigenvalue weighted by Crippen LogP contribution is -2.55. The van der Waals surface area contributed by atoms with Gasteiger partial charge in [-0.05, 0) is 41.7 Å². The highest BCUT2D eigenvalue weighted by Crippen LogP contribution is 2.47. The van der Waals surface area contributed by atoms with Crippen molar-refractivity contribution in [2.24, 2.45) is 22.3 Å². The number of amides is 2. The molecule has 6 heteroatoms. The fourth-order valence-electron chi connectivity index (χ4n) is 3.35. The van der Waals surface area contributed by atoms with Crippen molar-refractivity contribution in [3.05, 3.63) is 0 Å². The molecule has 0 spiro atoms. The molecular formula is C12H22ClN3O2. The number of halogens is 1. The van der Waals surface area contributed by atoms with E-state index in [9.17, 15) is 9.59 Å². The number of primary amides is 1. The molecule has 0 aliphatic heterocycles. The van der Waals surface area contributed by atoms with Gasteiger partial charge in [-0.15, -0.1) is 0 Å². The molecule has 18 heavy (non-hydrogen) atoms. The molecule has 0 radical (unpaired) electrons. The topological polar surface area (TPSA) is 98.2 Å². The van der Waals surface area contributed by atoms with Crippen LogP contribution < -0.4 is 16.8 Å². The van der Waals surface area contributed by atoms with Gasteiger partial charge in [0.2, 0.25) is 5.24 Å². The monoisotopic (exact) mass is 275 g/mol. The molecule has 1 rings (SSSR count). The number of carbonyl (C=O) groups is 2. The Labute approximate surface area is 113 Å². The first-order chi connectivity index (χ1) is 8.06. The van der Waals surface area contributed by atoms with E-state index in [4.69, 9.17) is 23.1 Å². The van der Waals surface area contributed by atoms with Crippen LogP contribution in [0.2, 0.25) is 0 Å². The van der Waals surface area contributed by atoms with E-state index < -0.39 is 22.7 Å². The van der Waals surface area contributed by atoms with Crippen LogP contribution in [0.3, 0.4) is 0 Å². The number of hydrogen-bond acceptors (Lipinski definition) is 3. The predicted molar refractivity (Wildman–Crippen MR) is 71.1 cm³/mol. The van der Waals surface area contributed by atoms with Crippen LogP contribution in [0.4, 0.5) is 4.79 Å². The minimum absolute atomic E-state index is 0.0237. The second kappa shape index (κ2) is 5.05. The first-order valence-corrected chi connectivity index (χ1v) is 6.44. The Balaban J connectivity index is 2.92. The standard InChI is InChI=1S/C12H22ClN3O2/c1-11(2)4-7(16-10(15)18)5-12(3,6-11)8(14)9(13)17/h7-8H,4-6,14H2,1-3H3,(H3,15,16,18). The summed E-state index contributed by atoms with van der Waals surface area (Å²) in [7, 11) is 0. The zero-order valence-electron chi connectivity index (χ0n) is 11.1. The van der Waals surface area contributed by atoms with Gasteiger partial charge in [0.1, 0.15) is 0 Å². The van der Waals surface area contributed by atoms with E-state index in [0.29, 0.717) is 6.42 Å². The first-order valence-electron chi connectivity index (χ1n) is 6.07. The molecular weight excluding hydrogens is 254 g/mol. The molecule has 0 aromatic rings. The molecule has 3 unspecified atom stereocenters. The van der Waals surface area contributed by atoms with Crippen LogP contribution in [0.5, 0.6) is 0 Å². The molecule has 1 fully saturated rings. The van der Waals surface area contributed by atoms with Crippen LogP contribution in [0, 0.1) is 10.8 Å². The summed E-state index contributed by atoms with van der Waals surface area (Å²) in [6, 6.07) is -1.35. The summed E-state index contributed by atoms with van der Waals surface area (Å²) in [5.74, 6) is 0. The normalized spacial score (nSPS) is 32.6. The third-order valence-corrected chi connectivity index (χ3v) is 3.97. The Morgan fingerprint density at radius 1 is 1.33 bits per heavy atom. The maximum Gasteiger partial charge on any atom is 0.312 e. The molecule has 1 saturated carbocycles. The van der Waals surface area contributed by atoms with Gasteiger partial charge in [-0.3, -0.25) is 4.79 Å². The minimum Gasteiger partial charge on any atom is -0.352 e. The lowest BCUT2D eigenvalue weighted by Gasteiger charge is -2.48. The third kappa shape index (κ3) is 3.59. The van der Waals surface area contributed by atoms with E-state index in [2.05, 4.69) is 19.2 Å². The third-order valence-electron chi connectivity index (χ3n) is 3.74. The van der Waals surface area contributed by atoms with Crippen molar-refractivity contribution in [1.29, 1.82) is 0 Å². The van der Waals surface area contributed by atoms with Gasteiger partial charge in [0.15, 0.2) is 0 Å². The Morgan fingerprint density at radius 2 is 1.89 bits per heavy atom. The SMILES string of the molecule is CC1(C)CC(NC(N)=O)CC(C)(C(N)C(=O)Cl)C1. The number of nitrogens with one attached hydrogen (secondary N) is 1. The van der Waals surface area contributed by atoms with Crippen LogP contribution in [-0.4, -0.2) is 23.4 Å². The molecule has 5 nitrogen and oxygen atoms in total. The minimum atomic E-state index is -0.726. The summed E-state index contributed by atoms with van der Waals surface area (Å²) in [6.07, 6.45) is 2.21. The van der Waals surface area contributed by atoms with Gasteiger partial charge in [-0.25, -0.2) is 4.79 Å². The van der Waals surface area contributed by atoms with E-state index in [1.165, 1.54) is 0 Å². The Hall–Kier alpha value is -0.810. The van der Waals surface area contributed by atoms with E-state index in [1.54, 1.807) is 0 Å². The van der Waals surface area contributed by atoms with Gasteiger partial charge < -0.3 is 16.8 Å². The summed E-state index contributed by atoms with van der Waals surface area (Å²) in [4.78, 5) is 22.3. The number of carbonyl (C=O) groups excluding carboxylic acids is 2. The summed E-state index contributed by atoms with van der Waals surface area (Å²) in [5, 5.41) is 2.18. The summed E-state index contributed by atoms with van der Waals surface area (Å²) < 4.78 is 0. The average molecular weight is 276 g/mol. The molecule has 1 aliphatic carbocycles. The van der Waals surface area contributed by atoms with E-state index in [0.717, 1.165) is 12.8 Å². The number of hydrogen-bond donors (Lipinski definition) is 3. The molecule has 0 heterocycles. The van der Waals surface area contributed by atoms with Gasteiger partial charge in [-0.1, -0.05) is 20.8 Å². The van der Waals surface area contributed by atoms with Crippen molar-refractivity contribution in [3.63, 3.8) is 0 Å². The van der Waals surface area contributed by atoms with Crippen molar-refractivity contribution < 1.29 is 9.59 Å². The van der Waals surface area contributed by atoms with Gasteiger partial charge in [0, 0.05) is 6.04 Å². The Bertz CT molecular complexity index is 359. The number of rotatable bonds is 3. The lowest BCUT2D eigenvalue weighted by molar-refractivity contribution is -0.116. The highest BCUT2D eigenvalue weighted by atomic mass is 35.5. The second-order valence-corrected chi connectivity index (χ2v) is 6.76. The van der Waals surface area contributed by atoms with E-state index in [-0.39, 0.29) is 11.5 Å². The summed E-state index contributed by atoms with van der Waals surface area (Å²) in [6.45, 7) is 6.12. The molecule has 0 bridgehead atoms. The van der Waals surface area contributed by atoms with Gasteiger partial charge in [0.05, 0.1) is 6.04 Å². The average Bonchev–Trinajstić information content (AvgIpc) is 2.11. The maximum absolute atomic E-state index is 11.3. The highest BCUT2D eigenvalue weighted by molar-refractivity contribution is 6.64. The quantitative estimate of drug-likeness (QED) is 0.678. The van der Waals surface area contributed by atoms with Crippen LogP contribution in [0.15, 0.2) is 0 Å². The van der Waals surface area contributed by atoms with Crippen LogP contribution in [-0.2, 0) is 4.79 Å². The maximum atomic E-state index is 11.3. The van der Waals surface area contributed by atoms with Crippen molar-refractivity contribution in [1.82, 2.24) is 5.32 Å². The molecule has 0 saturated heterocycles. The zero-order valence-corrected chi connectivity index (χ0v) is 11.9. The van der Waals surface area contributed by atoms with E-state index in [1.807, 2.05) is 6.92 Å². The Kier molecular flexibility index (Phi) is 4.28. The largest absolute Gasteiger partial charge is 0.352 e. The zero-order chi connectivity index (χ0) is 14.1. The number of nitrogens with two attached hydrogens (primary N) is 2. The molecule has 0 aromatic heterocycles. The van der Waals surface area contributed by atoms with Crippen molar-refractivity contribution in [3.8, 4) is 0 Å². The second-order valence-electron chi connectivity index (χ2n) is 6.39. The van der Waals surface area contributed by atoms with Crippen molar-refractivity contribution in [2.75, 3.05) is 0 Å². The predicted octanol–water partition coefficient (Wildman–Crippen LogP) is 1.33. The van der Waals surface area contributed by atoms with Crippen LogP contribution >= 0.6 is 11.6 Å². The fourth-order valence-corrected chi connectivity index (χ4v) is 3.62. The smallest absolute Gasteiger partial charge is 0.312 e. The van der Waals surface area contributed by atoms with Crippen LogP contribution in [0.25, 0.3) is 0 Å². The lowest BCUT2D eigenvalue weighted by atomic mass is 9.60. The molecule has 104 valence electrons. The van der Waals surface area contributed by atoms with Gasteiger partial charge >= 0.3 is 6.03 Å². The van der Waals surface area contributed by atoms with Crippen molar-refractivity contribution in [2.45, 2.75) is 52.1 Å². The Morgan fingerprint density at radius 3 is 2.33 bits per heavy atom. The van der Waals surface area contributed by atoms with Gasteiger partial charge in [0.25, 0.3) is 0 Å². The van der Waals surface area contributed by atoms with Crippen LogP contribution in [0.1, 0.15) is 40.0 Å². The fraction of sp³-hybridized carbons (Fsp3) is 0.833. The van der Waals surface area contributed by atoms with Gasteiger partial charge in [-0.2, -0.15) is 0 Å². The first kappa shape index (κ1) is 15.2. The molecule has 2 amide bonds.